The molecular weight excluding hydrogens is 172 g/mol. The van der Waals surface area contributed by atoms with E-state index in [1.165, 1.54) is 0 Å². The topological polar surface area (TPSA) is 9.23 Å². The molecule has 1 aliphatic heterocycles. The maximum Gasteiger partial charge on any atom is 0.0537 e. The molecule has 0 spiro atoms. The van der Waals surface area contributed by atoms with E-state index >= 15 is 0 Å². The minimum Gasteiger partial charge on any atom is -0.381 e. The van der Waals surface area contributed by atoms with Crippen LogP contribution in [0.1, 0.15) is 27.2 Å². The maximum atomic E-state index is 6.02. The van der Waals surface area contributed by atoms with Crippen LogP contribution >= 0.6 is 11.6 Å². The van der Waals surface area contributed by atoms with E-state index in [-0.39, 0.29) is 5.41 Å². The summed E-state index contributed by atoms with van der Waals surface area (Å²) in [5, 5.41) is 0. The summed E-state index contributed by atoms with van der Waals surface area (Å²) < 4.78 is 5.44. The van der Waals surface area contributed by atoms with Gasteiger partial charge in [0.05, 0.1) is 6.61 Å². The summed E-state index contributed by atoms with van der Waals surface area (Å²) >= 11 is 6.02. The summed E-state index contributed by atoms with van der Waals surface area (Å²) in [5.41, 5.74) is 0.260. The molecule has 1 nitrogen and oxygen atoms in total. The Morgan fingerprint density at radius 3 is 2.42 bits per heavy atom. The maximum absolute atomic E-state index is 6.02. The van der Waals surface area contributed by atoms with Gasteiger partial charge in [0, 0.05) is 17.9 Å². The molecule has 2 heteroatoms. The van der Waals surface area contributed by atoms with Crippen LogP contribution in [0.25, 0.3) is 0 Å². The molecule has 1 heterocycles. The highest BCUT2D eigenvalue weighted by Crippen LogP contribution is 2.41. The van der Waals surface area contributed by atoms with Crippen molar-refractivity contribution >= 4 is 11.6 Å². The predicted octanol–water partition coefficient (Wildman–Crippen LogP) is 2.92. The molecule has 2 unspecified atom stereocenters. The summed E-state index contributed by atoms with van der Waals surface area (Å²) in [6.45, 7) is 8.57. The molecular formula is C10H19ClO. The molecule has 0 aromatic carbocycles. The Morgan fingerprint density at radius 1 is 1.42 bits per heavy atom. The highest BCUT2D eigenvalue weighted by atomic mass is 35.5. The molecule has 0 N–H and O–H groups in total. The molecule has 1 fully saturated rings. The second-order valence-corrected chi connectivity index (χ2v) is 4.60. The van der Waals surface area contributed by atoms with Gasteiger partial charge in [-0.3, -0.25) is 0 Å². The number of hydrogen-bond donors (Lipinski definition) is 0. The third-order valence-corrected chi connectivity index (χ3v) is 3.90. The lowest BCUT2D eigenvalue weighted by molar-refractivity contribution is 0.108. The van der Waals surface area contributed by atoms with Crippen molar-refractivity contribution in [2.75, 3.05) is 19.1 Å². The smallest absolute Gasteiger partial charge is 0.0537 e. The van der Waals surface area contributed by atoms with Crippen molar-refractivity contribution < 1.29 is 4.74 Å². The lowest BCUT2D eigenvalue weighted by Gasteiger charge is -2.34. The van der Waals surface area contributed by atoms with Gasteiger partial charge in [-0.25, -0.2) is 0 Å². The van der Waals surface area contributed by atoms with Crippen molar-refractivity contribution in [1.82, 2.24) is 0 Å². The van der Waals surface area contributed by atoms with E-state index in [0.29, 0.717) is 11.8 Å². The van der Waals surface area contributed by atoms with Crippen LogP contribution in [-0.4, -0.2) is 19.1 Å². The fourth-order valence-electron chi connectivity index (χ4n) is 1.92. The number of rotatable bonds is 3. The molecule has 0 aromatic heterocycles. The Labute approximate surface area is 80.4 Å². The fraction of sp³-hybridized carbons (Fsp3) is 1.00. The van der Waals surface area contributed by atoms with Crippen molar-refractivity contribution in [3.63, 3.8) is 0 Å². The van der Waals surface area contributed by atoms with Crippen LogP contribution in [-0.2, 0) is 4.74 Å². The summed E-state index contributed by atoms with van der Waals surface area (Å²) in [6, 6.07) is 0. The molecule has 1 saturated heterocycles. The first-order chi connectivity index (χ1) is 5.62. The van der Waals surface area contributed by atoms with Gasteiger partial charge < -0.3 is 4.74 Å². The van der Waals surface area contributed by atoms with Gasteiger partial charge in [0.15, 0.2) is 0 Å². The van der Waals surface area contributed by atoms with Gasteiger partial charge in [0.2, 0.25) is 0 Å². The molecule has 1 rings (SSSR count). The van der Waals surface area contributed by atoms with Crippen molar-refractivity contribution in [2.45, 2.75) is 27.2 Å². The average Bonchev–Trinajstić information content (AvgIpc) is 2.52. The van der Waals surface area contributed by atoms with Crippen LogP contribution in [0.3, 0.4) is 0 Å². The molecule has 0 amide bonds. The van der Waals surface area contributed by atoms with Crippen LogP contribution in [0.5, 0.6) is 0 Å². The quantitative estimate of drug-likeness (QED) is 0.622. The Morgan fingerprint density at radius 2 is 2.08 bits per heavy atom. The molecule has 0 saturated carbocycles. The van der Waals surface area contributed by atoms with Gasteiger partial charge in [-0.2, -0.15) is 0 Å². The lowest BCUT2D eigenvalue weighted by Crippen LogP contribution is -2.34. The van der Waals surface area contributed by atoms with Gasteiger partial charge in [-0.05, 0) is 18.3 Å². The standard InChI is InChI=1S/C10H19ClO/c1-8(2)9(3)10(6-11)4-5-12-7-10/h8-9H,4-7H2,1-3H3. The molecule has 0 aliphatic carbocycles. The van der Waals surface area contributed by atoms with Crippen molar-refractivity contribution in [2.24, 2.45) is 17.3 Å². The van der Waals surface area contributed by atoms with Crippen LogP contribution in [0.2, 0.25) is 0 Å². The van der Waals surface area contributed by atoms with Gasteiger partial charge in [0.25, 0.3) is 0 Å². The number of halogens is 1. The molecule has 0 aromatic rings. The normalized spacial score (nSPS) is 32.8. The van der Waals surface area contributed by atoms with Crippen molar-refractivity contribution in [3.05, 3.63) is 0 Å². The average molecular weight is 191 g/mol. The second kappa shape index (κ2) is 3.97. The minimum absolute atomic E-state index is 0.260. The number of alkyl halides is 1. The van der Waals surface area contributed by atoms with E-state index in [1.54, 1.807) is 0 Å². The molecule has 0 bridgehead atoms. The minimum atomic E-state index is 0.260. The zero-order chi connectivity index (χ0) is 9.19. The Hall–Kier alpha value is 0.250. The largest absolute Gasteiger partial charge is 0.381 e. The predicted molar refractivity (Wildman–Crippen MR) is 52.6 cm³/mol. The number of hydrogen-bond acceptors (Lipinski definition) is 1. The Balaban J connectivity index is 2.65. The summed E-state index contributed by atoms with van der Waals surface area (Å²) in [4.78, 5) is 0. The number of ether oxygens (including phenoxy) is 1. The van der Waals surface area contributed by atoms with E-state index < -0.39 is 0 Å². The van der Waals surface area contributed by atoms with Gasteiger partial charge >= 0.3 is 0 Å². The molecule has 0 radical (unpaired) electrons. The van der Waals surface area contributed by atoms with Crippen LogP contribution < -0.4 is 0 Å². The van der Waals surface area contributed by atoms with E-state index in [2.05, 4.69) is 20.8 Å². The summed E-state index contributed by atoms with van der Waals surface area (Å²) in [5.74, 6) is 2.11. The SMILES string of the molecule is CC(C)C(C)C1(CCl)CCOC1. The fourth-order valence-corrected chi connectivity index (χ4v) is 2.37. The summed E-state index contributed by atoms with van der Waals surface area (Å²) in [6.07, 6.45) is 1.13. The van der Waals surface area contributed by atoms with Crippen molar-refractivity contribution in [1.29, 1.82) is 0 Å². The third-order valence-electron chi connectivity index (χ3n) is 3.37. The highest BCUT2D eigenvalue weighted by molar-refractivity contribution is 6.18. The first kappa shape index (κ1) is 10.3. The molecule has 12 heavy (non-hydrogen) atoms. The zero-order valence-electron chi connectivity index (χ0n) is 8.27. The monoisotopic (exact) mass is 190 g/mol. The third kappa shape index (κ3) is 1.77. The van der Waals surface area contributed by atoms with E-state index in [9.17, 15) is 0 Å². The second-order valence-electron chi connectivity index (χ2n) is 4.33. The molecule has 1 aliphatic rings. The molecule has 2 atom stereocenters. The van der Waals surface area contributed by atoms with E-state index in [1.807, 2.05) is 0 Å². The van der Waals surface area contributed by atoms with E-state index in [0.717, 1.165) is 25.5 Å². The van der Waals surface area contributed by atoms with Crippen LogP contribution in [0.4, 0.5) is 0 Å². The highest BCUT2D eigenvalue weighted by Gasteiger charge is 2.40. The Kier molecular flexibility index (Phi) is 3.42. The first-order valence-electron chi connectivity index (χ1n) is 4.76. The first-order valence-corrected chi connectivity index (χ1v) is 5.29. The molecule has 72 valence electrons. The van der Waals surface area contributed by atoms with Gasteiger partial charge in [-0.15, -0.1) is 11.6 Å². The lowest BCUT2D eigenvalue weighted by atomic mass is 9.72. The zero-order valence-corrected chi connectivity index (χ0v) is 9.03. The van der Waals surface area contributed by atoms with Crippen molar-refractivity contribution in [3.8, 4) is 0 Å². The van der Waals surface area contributed by atoms with Crippen LogP contribution in [0.15, 0.2) is 0 Å². The summed E-state index contributed by atoms with van der Waals surface area (Å²) in [7, 11) is 0. The van der Waals surface area contributed by atoms with Gasteiger partial charge in [0.1, 0.15) is 0 Å². The van der Waals surface area contributed by atoms with E-state index in [4.69, 9.17) is 16.3 Å². The Bertz CT molecular complexity index is 139. The van der Waals surface area contributed by atoms with Gasteiger partial charge in [-0.1, -0.05) is 20.8 Å². The van der Waals surface area contributed by atoms with Crippen LogP contribution in [0, 0.1) is 17.3 Å².